The van der Waals surface area contributed by atoms with E-state index in [2.05, 4.69) is 4.72 Å². The summed E-state index contributed by atoms with van der Waals surface area (Å²) in [7, 11) is -0.347. The number of benzene rings is 2. The first-order chi connectivity index (χ1) is 14.4. The standard InChI is InChI=1S/C22H26N2O5S/c1-28-20-12-7-16(14-21(20)29-2)19-4-3-13-24(19)22(25)15-5-10-18(11-6-15)30(26,27)23-17-8-9-17/h5-7,10-12,14,17,19,23H,3-4,8-9,13H2,1-2H3. The molecule has 1 aliphatic carbocycles. The van der Waals surface area contributed by atoms with E-state index in [9.17, 15) is 13.2 Å². The Kier molecular flexibility index (Phi) is 5.71. The summed E-state index contributed by atoms with van der Waals surface area (Å²) >= 11 is 0. The summed E-state index contributed by atoms with van der Waals surface area (Å²) < 4.78 is 38.0. The smallest absolute Gasteiger partial charge is 0.254 e. The molecule has 0 aromatic heterocycles. The first-order valence-electron chi connectivity index (χ1n) is 10.1. The molecule has 1 heterocycles. The van der Waals surface area contributed by atoms with Crippen LogP contribution in [-0.2, 0) is 10.0 Å². The van der Waals surface area contributed by atoms with Crippen molar-refractivity contribution < 1.29 is 22.7 Å². The van der Waals surface area contributed by atoms with Crippen LogP contribution in [0.15, 0.2) is 47.4 Å². The summed E-state index contributed by atoms with van der Waals surface area (Å²) in [4.78, 5) is 15.2. The summed E-state index contributed by atoms with van der Waals surface area (Å²) in [5.41, 5.74) is 1.47. The second-order valence-electron chi connectivity index (χ2n) is 7.69. The van der Waals surface area contributed by atoms with Crippen LogP contribution in [0.5, 0.6) is 11.5 Å². The summed E-state index contributed by atoms with van der Waals surface area (Å²) in [6, 6.07) is 11.9. The largest absolute Gasteiger partial charge is 0.493 e. The number of sulfonamides is 1. The van der Waals surface area contributed by atoms with E-state index in [0.29, 0.717) is 23.6 Å². The number of ether oxygens (including phenoxy) is 2. The number of carbonyl (C=O) groups is 1. The number of nitrogens with zero attached hydrogens (tertiary/aromatic N) is 1. The molecular formula is C22H26N2O5S. The molecule has 2 fully saturated rings. The van der Waals surface area contributed by atoms with Crippen LogP contribution in [0.2, 0.25) is 0 Å². The Morgan fingerprint density at radius 1 is 1.00 bits per heavy atom. The molecule has 1 atom stereocenters. The van der Waals surface area contributed by atoms with Gasteiger partial charge in [0.25, 0.3) is 5.91 Å². The minimum absolute atomic E-state index is 0.0446. The van der Waals surface area contributed by atoms with Crippen molar-refractivity contribution in [2.75, 3.05) is 20.8 Å². The number of hydrogen-bond donors (Lipinski definition) is 1. The molecule has 160 valence electrons. The Morgan fingerprint density at radius 2 is 1.70 bits per heavy atom. The Balaban J connectivity index is 1.53. The normalized spacial score (nSPS) is 19.0. The lowest BCUT2D eigenvalue weighted by Gasteiger charge is -2.26. The third-order valence-corrected chi connectivity index (χ3v) is 7.15. The molecule has 1 saturated carbocycles. The molecule has 8 heteroatoms. The predicted octanol–water partition coefficient (Wildman–Crippen LogP) is 3.12. The first kappa shape index (κ1) is 20.7. The quantitative estimate of drug-likeness (QED) is 0.730. The predicted molar refractivity (Wildman–Crippen MR) is 112 cm³/mol. The number of likely N-dealkylation sites (tertiary alicyclic amines) is 1. The Bertz CT molecular complexity index is 1030. The maximum Gasteiger partial charge on any atom is 0.254 e. The minimum Gasteiger partial charge on any atom is -0.493 e. The van der Waals surface area contributed by atoms with Gasteiger partial charge in [-0.25, -0.2) is 13.1 Å². The van der Waals surface area contributed by atoms with Crippen LogP contribution in [0.25, 0.3) is 0 Å². The molecular weight excluding hydrogens is 404 g/mol. The van der Waals surface area contributed by atoms with Crippen molar-refractivity contribution in [1.29, 1.82) is 0 Å². The van der Waals surface area contributed by atoms with Crippen molar-refractivity contribution in [3.05, 3.63) is 53.6 Å². The number of amides is 1. The highest BCUT2D eigenvalue weighted by molar-refractivity contribution is 7.89. The maximum atomic E-state index is 13.2. The van der Waals surface area contributed by atoms with E-state index in [1.165, 1.54) is 12.1 Å². The number of hydrogen-bond acceptors (Lipinski definition) is 5. The van der Waals surface area contributed by atoms with Gasteiger partial charge < -0.3 is 14.4 Å². The molecule has 7 nitrogen and oxygen atoms in total. The van der Waals surface area contributed by atoms with Crippen LogP contribution in [0.4, 0.5) is 0 Å². The third-order valence-electron chi connectivity index (χ3n) is 5.62. The topological polar surface area (TPSA) is 84.9 Å². The fourth-order valence-electron chi connectivity index (χ4n) is 3.85. The van der Waals surface area contributed by atoms with Gasteiger partial charge in [-0.15, -0.1) is 0 Å². The van der Waals surface area contributed by atoms with Crippen LogP contribution < -0.4 is 14.2 Å². The highest BCUT2D eigenvalue weighted by atomic mass is 32.2. The third kappa shape index (κ3) is 4.15. The molecule has 1 N–H and O–H groups in total. The second-order valence-corrected chi connectivity index (χ2v) is 9.40. The maximum absolute atomic E-state index is 13.2. The van der Waals surface area contributed by atoms with Gasteiger partial charge in [-0.3, -0.25) is 4.79 Å². The van der Waals surface area contributed by atoms with E-state index in [4.69, 9.17) is 9.47 Å². The summed E-state index contributed by atoms with van der Waals surface area (Å²) in [6.45, 7) is 0.654. The second kappa shape index (κ2) is 8.28. The average Bonchev–Trinajstić information content (AvgIpc) is 3.43. The van der Waals surface area contributed by atoms with Gasteiger partial charge in [0.2, 0.25) is 10.0 Å². The average molecular weight is 431 g/mol. The zero-order chi connectivity index (χ0) is 21.3. The van der Waals surface area contributed by atoms with Gasteiger partial charge >= 0.3 is 0 Å². The van der Waals surface area contributed by atoms with E-state index in [1.807, 2.05) is 23.1 Å². The van der Waals surface area contributed by atoms with E-state index in [1.54, 1.807) is 26.4 Å². The van der Waals surface area contributed by atoms with Crippen molar-refractivity contribution in [1.82, 2.24) is 9.62 Å². The van der Waals surface area contributed by atoms with Crippen LogP contribution >= 0.6 is 0 Å². The molecule has 0 spiro atoms. The van der Waals surface area contributed by atoms with E-state index in [-0.39, 0.29) is 22.9 Å². The zero-order valence-electron chi connectivity index (χ0n) is 17.1. The Hall–Kier alpha value is -2.58. The fourth-order valence-corrected chi connectivity index (χ4v) is 5.15. The lowest BCUT2D eigenvalue weighted by Crippen LogP contribution is -2.30. The summed E-state index contributed by atoms with van der Waals surface area (Å²) in [6.07, 6.45) is 3.52. The molecule has 0 bridgehead atoms. The van der Waals surface area contributed by atoms with Gasteiger partial charge in [-0.05, 0) is 67.6 Å². The number of methoxy groups -OCH3 is 2. The van der Waals surface area contributed by atoms with Crippen LogP contribution in [-0.4, -0.2) is 46.0 Å². The molecule has 2 aromatic rings. The molecule has 2 aromatic carbocycles. The number of carbonyl (C=O) groups excluding carboxylic acids is 1. The Labute approximate surface area is 177 Å². The molecule has 2 aliphatic rings. The molecule has 1 aliphatic heterocycles. The van der Waals surface area contributed by atoms with Crippen LogP contribution in [0.1, 0.15) is 47.6 Å². The highest BCUT2D eigenvalue weighted by Gasteiger charge is 2.32. The van der Waals surface area contributed by atoms with Gasteiger partial charge in [0.05, 0.1) is 25.2 Å². The van der Waals surface area contributed by atoms with Crippen LogP contribution in [0.3, 0.4) is 0 Å². The van der Waals surface area contributed by atoms with Crippen molar-refractivity contribution in [2.45, 2.75) is 42.7 Å². The van der Waals surface area contributed by atoms with Crippen LogP contribution in [0, 0.1) is 0 Å². The van der Waals surface area contributed by atoms with Gasteiger partial charge in [-0.1, -0.05) is 6.07 Å². The molecule has 0 radical (unpaired) electrons. The molecule has 1 saturated heterocycles. The van der Waals surface area contributed by atoms with Gasteiger partial charge in [0.1, 0.15) is 0 Å². The lowest BCUT2D eigenvalue weighted by molar-refractivity contribution is 0.0735. The molecule has 30 heavy (non-hydrogen) atoms. The minimum atomic E-state index is -3.53. The van der Waals surface area contributed by atoms with Gasteiger partial charge in [0.15, 0.2) is 11.5 Å². The van der Waals surface area contributed by atoms with E-state index in [0.717, 1.165) is 31.2 Å². The van der Waals surface area contributed by atoms with Gasteiger partial charge in [0, 0.05) is 18.2 Å². The van der Waals surface area contributed by atoms with Crippen molar-refractivity contribution >= 4 is 15.9 Å². The lowest BCUT2D eigenvalue weighted by atomic mass is 10.0. The molecule has 1 unspecified atom stereocenters. The zero-order valence-corrected chi connectivity index (χ0v) is 17.9. The number of nitrogens with one attached hydrogen (secondary N) is 1. The Morgan fingerprint density at radius 3 is 2.33 bits per heavy atom. The van der Waals surface area contributed by atoms with E-state index < -0.39 is 10.0 Å². The molecule has 1 amide bonds. The van der Waals surface area contributed by atoms with Crippen molar-refractivity contribution in [2.24, 2.45) is 0 Å². The fraction of sp³-hybridized carbons (Fsp3) is 0.409. The molecule has 4 rings (SSSR count). The summed E-state index contributed by atoms with van der Waals surface area (Å²) in [5.74, 6) is 1.17. The highest BCUT2D eigenvalue weighted by Crippen LogP contribution is 2.37. The summed E-state index contributed by atoms with van der Waals surface area (Å²) in [5, 5.41) is 0. The van der Waals surface area contributed by atoms with Gasteiger partial charge in [-0.2, -0.15) is 0 Å². The van der Waals surface area contributed by atoms with E-state index >= 15 is 0 Å². The first-order valence-corrected chi connectivity index (χ1v) is 11.6. The number of rotatable bonds is 7. The van der Waals surface area contributed by atoms with Crippen molar-refractivity contribution in [3.63, 3.8) is 0 Å². The SMILES string of the molecule is COc1ccc(C2CCCN2C(=O)c2ccc(S(=O)(=O)NC3CC3)cc2)cc1OC. The van der Waals surface area contributed by atoms with Crippen molar-refractivity contribution in [3.8, 4) is 11.5 Å². The monoisotopic (exact) mass is 430 g/mol.